The molecule has 5 rings (SSSR count). The fourth-order valence-electron chi connectivity index (χ4n) is 4.64. The highest BCUT2D eigenvalue weighted by atomic mass is 16.5. The number of ether oxygens (including phenoxy) is 1. The van der Waals surface area contributed by atoms with Crippen LogP contribution in [0.2, 0.25) is 0 Å². The molecule has 6 heteroatoms. The Morgan fingerprint density at radius 3 is 2.88 bits per heavy atom. The molecule has 3 aromatic rings. The first-order valence-electron chi connectivity index (χ1n) is 11.2. The van der Waals surface area contributed by atoms with Crippen LogP contribution in [0.3, 0.4) is 0 Å². The van der Waals surface area contributed by atoms with Crippen molar-refractivity contribution in [3.63, 3.8) is 0 Å². The number of carbonyl (C=O) groups excluding carboxylic acids is 1. The first kappa shape index (κ1) is 21.2. The molecular weight excluding hydrogens is 412 g/mol. The van der Waals surface area contributed by atoms with Gasteiger partial charge in [-0.3, -0.25) is 9.78 Å². The van der Waals surface area contributed by atoms with Gasteiger partial charge in [-0.1, -0.05) is 30.3 Å². The van der Waals surface area contributed by atoms with E-state index in [-0.39, 0.29) is 5.91 Å². The van der Waals surface area contributed by atoms with Crippen molar-refractivity contribution < 1.29 is 9.53 Å². The normalized spacial score (nSPS) is 19.2. The summed E-state index contributed by atoms with van der Waals surface area (Å²) >= 11 is 0. The number of hydrogen-bond acceptors (Lipinski definition) is 5. The minimum atomic E-state index is -0.743. The maximum Gasteiger partial charge on any atom is 0.251 e. The zero-order valence-electron chi connectivity index (χ0n) is 18.7. The highest BCUT2D eigenvalue weighted by Gasteiger charge is 2.33. The number of aromatic nitrogens is 1. The zero-order valence-corrected chi connectivity index (χ0v) is 18.7. The number of nitrogens with one attached hydrogen (secondary N) is 1. The predicted molar refractivity (Wildman–Crippen MR) is 126 cm³/mol. The minimum absolute atomic E-state index is 0.177. The summed E-state index contributed by atoms with van der Waals surface area (Å²) in [6, 6.07) is 20.5. The van der Waals surface area contributed by atoms with E-state index in [4.69, 9.17) is 4.74 Å². The summed E-state index contributed by atoms with van der Waals surface area (Å²) in [5, 5.41) is 12.6. The Kier molecular flexibility index (Phi) is 5.57. The van der Waals surface area contributed by atoms with Crippen LogP contribution in [0.25, 0.3) is 0 Å². The van der Waals surface area contributed by atoms with E-state index < -0.39 is 5.41 Å². The third-order valence-corrected chi connectivity index (χ3v) is 6.59. The molecule has 2 aliphatic rings. The third kappa shape index (κ3) is 4.20. The fourth-order valence-corrected chi connectivity index (χ4v) is 4.64. The molecule has 1 amide bonds. The van der Waals surface area contributed by atoms with Crippen LogP contribution in [0.5, 0.6) is 0 Å². The van der Waals surface area contributed by atoms with Gasteiger partial charge in [0.25, 0.3) is 5.91 Å². The van der Waals surface area contributed by atoms with Crippen LogP contribution in [-0.2, 0) is 36.3 Å². The molecule has 1 aromatic heterocycles. The molecule has 0 aliphatic carbocycles. The highest BCUT2D eigenvalue weighted by Crippen LogP contribution is 2.32. The van der Waals surface area contributed by atoms with E-state index in [0.29, 0.717) is 25.3 Å². The average Bonchev–Trinajstić information content (AvgIpc) is 2.87. The van der Waals surface area contributed by atoms with Crippen molar-refractivity contribution in [1.82, 2.24) is 10.3 Å². The number of carbonyl (C=O) groups is 1. The zero-order chi connectivity index (χ0) is 22.8. The van der Waals surface area contributed by atoms with Crippen molar-refractivity contribution in [2.45, 2.75) is 38.5 Å². The lowest BCUT2D eigenvalue weighted by Gasteiger charge is -2.31. The summed E-state index contributed by atoms with van der Waals surface area (Å²) in [7, 11) is 0. The highest BCUT2D eigenvalue weighted by molar-refractivity contribution is 5.94. The van der Waals surface area contributed by atoms with Crippen molar-refractivity contribution in [2.75, 3.05) is 18.1 Å². The number of hydrogen-bond donors (Lipinski definition) is 1. The van der Waals surface area contributed by atoms with Crippen LogP contribution >= 0.6 is 0 Å². The molecule has 3 heterocycles. The molecular formula is C27H26N4O2. The summed E-state index contributed by atoms with van der Waals surface area (Å²) in [5.74, 6) is -0.177. The molecule has 0 spiro atoms. The summed E-state index contributed by atoms with van der Waals surface area (Å²) in [4.78, 5) is 19.7. The Morgan fingerprint density at radius 1 is 1.18 bits per heavy atom. The SMILES string of the molecule is C[C@@]1(C#N)COCc2ccc(C(=O)NCc3cc(N4CCc5ccccc5C4)ccn3)cc21. The minimum Gasteiger partial charge on any atom is -0.375 e. The Balaban J connectivity index is 1.28. The number of nitrogens with zero attached hydrogens (tertiary/aromatic N) is 3. The smallest absolute Gasteiger partial charge is 0.251 e. The molecule has 1 atom stereocenters. The van der Waals surface area contributed by atoms with Crippen LogP contribution < -0.4 is 10.2 Å². The Bertz CT molecular complexity index is 1250. The van der Waals surface area contributed by atoms with Crippen molar-refractivity contribution in [1.29, 1.82) is 5.26 Å². The van der Waals surface area contributed by atoms with Gasteiger partial charge < -0.3 is 15.0 Å². The van der Waals surface area contributed by atoms with Crippen LogP contribution in [0, 0.1) is 11.3 Å². The second-order valence-corrected chi connectivity index (χ2v) is 8.94. The van der Waals surface area contributed by atoms with Gasteiger partial charge in [0, 0.05) is 30.5 Å². The van der Waals surface area contributed by atoms with E-state index >= 15 is 0 Å². The Hall–Kier alpha value is -3.69. The molecule has 2 aromatic carbocycles. The topological polar surface area (TPSA) is 78.2 Å². The maximum absolute atomic E-state index is 12.9. The van der Waals surface area contributed by atoms with Gasteiger partial charge in [0.05, 0.1) is 31.5 Å². The number of anilines is 1. The van der Waals surface area contributed by atoms with Gasteiger partial charge in [0.1, 0.15) is 5.41 Å². The number of nitriles is 1. The van der Waals surface area contributed by atoms with Crippen LogP contribution in [-0.4, -0.2) is 24.0 Å². The van der Waals surface area contributed by atoms with Gasteiger partial charge in [0.2, 0.25) is 0 Å². The summed E-state index contributed by atoms with van der Waals surface area (Å²) in [6.45, 7) is 4.82. The van der Waals surface area contributed by atoms with E-state index in [2.05, 4.69) is 45.5 Å². The van der Waals surface area contributed by atoms with Crippen molar-refractivity contribution in [3.05, 3.63) is 94.3 Å². The molecule has 0 saturated carbocycles. The van der Waals surface area contributed by atoms with Gasteiger partial charge in [-0.2, -0.15) is 5.26 Å². The molecule has 0 fully saturated rings. The van der Waals surface area contributed by atoms with E-state index in [1.54, 1.807) is 12.3 Å². The molecule has 0 bridgehead atoms. The quantitative estimate of drug-likeness (QED) is 0.669. The lowest BCUT2D eigenvalue weighted by Crippen LogP contribution is -2.33. The number of fused-ring (bicyclic) bond motifs is 2. The number of benzene rings is 2. The molecule has 33 heavy (non-hydrogen) atoms. The van der Waals surface area contributed by atoms with E-state index in [1.165, 1.54) is 11.1 Å². The third-order valence-electron chi connectivity index (χ3n) is 6.59. The van der Waals surface area contributed by atoms with Crippen LogP contribution in [0.4, 0.5) is 5.69 Å². The average molecular weight is 439 g/mol. The maximum atomic E-state index is 12.9. The molecule has 1 N–H and O–H groups in total. The van der Waals surface area contributed by atoms with E-state index in [0.717, 1.165) is 42.0 Å². The van der Waals surface area contributed by atoms with E-state index in [1.807, 2.05) is 31.2 Å². The van der Waals surface area contributed by atoms with Gasteiger partial charge in [-0.25, -0.2) is 0 Å². The van der Waals surface area contributed by atoms with Gasteiger partial charge in [-0.05, 0) is 59.9 Å². The monoisotopic (exact) mass is 438 g/mol. The molecule has 6 nitrogen and oxygen atoms in total. The largest absolute Gasteiger partial charge is 0.375 e. The second kappa shape index (κ2) is 8.68. The molecule has 2 aliphatic heterocycles. The van der Waals surface area contributed by atoms with Gasteiger partial charge in [-0.15, -0.1) is 0 Å². The van der Waals surface area contributed by atoms with Crippen molar-refractivity contribution in [2.24, 2.45) is 0 Å². The lowest BCUT2D eigenvalue weighted by molar-refractivity contribution is 0.0757. The van der Waals surface area contributed by atoms with E-state index in [9.17, 15) is 10.1 Å². The Morgan fingerprint density at radius 2 is 2.03 bits per heavy atom. The number of rotatable bonds is 4. The first-order valence-corrected chi connectivity index (χ1v) is 11.2. The summed E-state index contributed by atoms with van der Waals surface area (Å²) in [6.07, 6.45) is 2.82. The van der Waals surface area contributed by atoms with Crippen molar-refractivity contribution >= 4 is 11.6 Å². The molecule has 0 saturated heterocycles. The Labute approximate surface area is 193 Å². The van der Waals surface area contributed by atoms with Crippen LogP contribution in [0.1, 0.15) is 45.2 Å². The predicted octanol–water partition coefficient (Wildman–Crippen LogP) is 3.89. The van der Waals surface area contributed by atoms with Gasteiger partial charge in [0.15, 0.2) is 0 Å². The molecule has 0 unspecified atom stereocenters. The second-order valence-electron chi connectivity index (χ2n) is 8.94. The summed E-state index contributed by atoms with van der Waals surface area (Å²) in [5.41, 5.74) is 6.33. The lowest BCUT2D eigenvalue weighted by atomic mass is 9.79. The van der Waals surface area contributed by atoms with Crippen molar-refractivity contribution in [3.8, 4) is 6.07 Å². The molecule has 166 valence electrons. The fraction of sp³-hybridized carbons (Fsp3) is 0.296. The molecule has 0 radical (unpaired) electrons. The number of amides is 1. The number of pyridine rings is 1. The standard InChI is InChI=1S/C27H26N4O2/c1-27(17-28)18-33-16-22-7-6-20(12-25(22)27)26(32)30-14-23-13-24(8-10-29-23)31-11-9-19-4-2-3-5-21(19)15-31/h2-8,10,12-13H,9,11,14-16,18H2,1H3,(H,30,32)/t27-/m1/s1. The van der Waals surface area contributed by atoms with Crippen LogP contribution in [0.15, 0.2) is 60.8 Å². The first-order chi connectivity index (χ1) is 16.1. The summed E-state index contributed by atoms with van der Waals surface area (Å²) < 4.78 is 5.55. The van der Waals surface area contributed by atoms with Gasteiger partial charge >= 0.3 is 0 Å².